The second kappa shape index (κ2) is 4.45. The number of carbonyl (C=O) groups is 1. The second-order valence-electron chi connectivity index (χ2n) is 3.73. The first kappa shape index (κ1) is 9.52. The van der Waals surface area contributed by atoms with Crippen molar-refractivity contribution in [2.75, 3.05) is 0 Å². The Hall–Kier alpha value is -0.570. The van der Waals surface area contributed by atoms with Gasteiger partial charge in [-0.25, -0.2) is 0 Å². The molecule has 1 fully saturated rings. The molecule has 3 nitrogen and oxygen atoms in total. The first-order valence-corrected chi connectivity index (χ1v) is 4.66. The van der Waals surface area contributed by atoms with E-state index >= 15 is 0 Å². The summed E-state index contributed by atoms with van der Waals surface area (Å²) in [6, 6.07) is 0.375. The number of nitrogens with two attached hydrogens (primary N) is 1. The zero-order chi connectivity index (χ0) is 8.97. The summed E-state index contributed by atoms with van der Waals surface area (Å²) >= 11 is 0. The molecule has 1 rings (SSSR count). The average Bonchev–Trinajstić information content (AvgIpc) is 2.35. The molecule has 70 valence electrons. The van der Waals surface area contributed by atoms with Crippen LogP contribution in [-0.2, 0) is 4.79 Å². The normalized spacial score (nSPS) is 29.1. The molecule has 1 aliphatic rings. The zero-order valence-electron chi connectivity index (χ0n) is 7.33. The Morgan fingerprint density at radius 3 is 2.75 bits per heavy atom. The van der Waals surface area contributed by atoms with Crippen LogP contribution in [0.3, 0.4) is 0 Å². The van der Waals surface area contributed by atoms with Gasteiger partial charge in [-0.05, 0) is 38.0 Å². The molecule has 3 heteroatoms. The van der Waals surface area contributed by atoms with Gasteiger partial charge < -0.3 is 10.8 Å². The monoisotopic (exact) mass is 171 g/mol. The van der Waals surface area contributed by atoms with Crippen molar-refractivity contribution in [3.63, 3.8) is 0 Å². The van der Waals surface area contributed by atoms with Gasteiger partial charge >= 0.3 is 5.97 Å². The summed E-state index contributed by atoms with van der Waals surface area (Å²) in [6.45, 7) is 0. The van der Waals surface area contributed by atoms with Crippen LogP contribution in [0.4, 0.5) is 0 Å². The van der Waals surface area contributed by atoms with Gasteiger partial charge in [0.15, 0.2) is 0 Å². The Labute approximate surface area is 72.9 Å². The van der Waals surface area contributed by atoms with E-state index in [4.69, 9.17) is 10.8 Å². The topological polar surface area (TPSA) is 63.3 Å². The highest BCUT2D eigenvalue weighted by molar-refractivity contribution is 5.66. The molecular formula is C9H17NO2. The first-order valence-electron chi connectivity index (χ1n) is 4.66. The van der Waals surface area contributed by atoms with Gasteiger partial charge in [-0.15, -0.1) is 0 Å². The van der Waals surface area contributed by atoms with Gasteiger partial charge in [0.05, 0.1) is 0 Å². The molecule has 1 aliphatic carbocycles. The predicted molar refractivity (Wildman–Crippen MR) is 46.8 cm³/mol. The van der Waals surface area contributed by atoms with E-state index in [2.05, 4.69) is 0 Å². The van der Waals surface area contributed by atoms with E-state index in [9.17, 15) is 4.79 Å². The smallest absolute Gasteiger partial charge is 0.303 e. The molecule has 0 bridgehead atoms. The summed E-state index contributed by atoms with van der Waals surface area (Å²) < 4.78 is 0. The third kappa shape index (κ3) is 3.22. The van der Waals surface area contributed by atoms with Crippen molar-refractivity contribution in [2.24, 2.45) is 11.7 Å². The van der Waals surface area contributed by atoms with Gasteiger partial charge in [0, 0.05) is 12.5 Å². The van der Waals surface area contributed by atoms with Crippen molar-refractivity contribution < 1.29 is 9.90 Å². The van der Waals surface area contributed by atoms with Crippen LogP contribution in [0.5, 0.6) is 0 Å². The van der Waals surface area contributed by atoms with E-state index in [-0.39, 0.29) is 0 Å². The molecule has 0 aromatic rings. The van der Waals surface area contributed by atoms with Gasteiger partial charge in [-0.1, -0.05) is 0 Å². The molecule has 0 heterocycles. The minimum atomic E-state index is -0.683. The second-order valence-corrected chi connectivity index (χ2v) is 3.73. The van der Waals surface area contributed by atoms with E-state index < -0.39 is 5.97 Å². The highest BCUT2D eigenvalue weighted by Crippen LogP contribution is 2.28. The van der Waals surface area contributed by atoms with Crippen LogP contribution < -0.4 is 5.73 Å². The molecule has 0 radical (unpaired) electrons. The lowest BCUT2D eigenvalue weighted by Gasteiger charge is -2.06. The summed E-state index contributed by atoms with van der Waals surface area (Å²) in [4.78, 5) is 10.2. The maximum atomic E-state index is 10.2. The number of rotatable bonds is 4. The third-order valence-corrected chi connectivity index (χ3v) is 2.58. The first-order chi connectivity index (χ1) is 5.68. The number of hydrogen-bond donors (Lipinski definition) is 2. The van der Waals surface area contributed by atoms with Gasteiger partial charge in [0.2, 0.25) is 0 Å². The lowest BCUT2D eigenvalue weighted by molar-refractivity contribution is -0.137. The molecule has 12 heavy (non-hydrogen) atoms. The van der Waals surface area contributed by atoms with E-state index in [1.165, 1.54) is 6.42 Å². The van der Waals surface area contributed by atoms with Crippen molar-refractivity contribution >= 4 is 5.97 Å². The quantitative estimate of drug-likeness (QED) is 0.671. The fourth-order valence-corrected chi connectivity index (χ4v) is 1.92. The van der Waals surface area contributed by atoms with Gasteiger partial charge in [-0.3, -0.25) is 4.79 Å². The Morgan fingerprint density at radius 2 is 2.25 bits per heavy atom. The van der Waals surface area contributed by atoms with Crippen LogP contribution in [0.1, 0.15) is 38.5 Å². The van der Waals surface area contributed by atoms with Crippen molar-refractivity contribution in [1.29, 1.82) is 0 Å². The van der Waals surface area contributed by atoms with Crippen molar-refractivity contribution in [2.45, 2.75) is 44.6 Å². The van der Waals surface area contributed by atoms with Crippen molar-refractivity contribution in [3.05, 3.63) is 0 Å². The molecule has 0 aliphatic heterocycles. The largest absolute Gasteiger partial charge is 0.481 e. The number of carboxylic acid groups (broad SMARTS) is 1. The molecule has 0 aromatic carbocycles. The number of aliphatic carboxylic acids is 1. The molecule has 1 saturated carbocycles. The van der Waals surface area contributed by atoms with Gasteiger partial charge in [0.1, 0.15) is 0 Å². The van der Waals surface area contributed by atoms with Crippen LogP contribution in [0.2, 0.25) is 0 Å². The molecular weight excluding hydrogens is 154 g/mol. The van der Waals surface area contributed by atoms with Crippen LogP contribution in [-0.4, -0.2) is 17.1 Å². The zero-order valence-corrected chi connectivity index (χ0v) is 7.33. The van der Waals surface area contributed by atoms with Gasteiger partial charge in [-0.2, -0.15) is 0 Å². The lowest BCUT2D eigenvalue weighted by atomic mass is 10.0. The van der Waals surface area contributed by atoms with Crippen LogP contribution >= 0.6 is 0 Å². The Balaban J connectivity index is 2.04. The Morgan fingerprint density at radius 1 is 1.50 bits per heavy atom. The molecule has 0 spiro atoms. The predicted octanol–water partition coefficient (Wildman–Crippen LogP) is 1.37. The molecule has 0 amide bonds. The summed E-state index contributed by atoms with van der Waals surface area (Å²) in [7, 11) is 0. The minimum absolute atomic E-state index is 0.311. The SMILES string of the molecule is NC1CCC(CCCC(=O)O)C1. The summed E-state index contributed by atoms with van der Waals surface area (Å²) in [5, 5.41) is 8.41. The third-order valence-electron chi connectivity index (χ3n) is 2.58. The van der Waals surface area contributed by atoms with Crippen LogP contribution in [0.25, 0.3) is 0 Å². The van der Waals surface area contributed by atoms with Crippen molar-refractivity contribution in [3.8, 4) is 0 Å². The van der Waals surface area contributed by atoms with E-state index in [0.717, 1.165) is 25.7 Å². The average molecular weight is 171 g/mol. The van der Waals surface area contributed by atoms with E-state index in [1.807, 2.05) is 0 Å². The molecule has 0 aromatic heterocycles. The van der Waals surface area contributed by atoms with Crippen LogP contribution in [0, 0.1) is 5.92 Å². The molecule has 3 N–H and O–H groups in total. The molecule has 2 unspecified atom stereocenters. The Bertz CT molecular complexity index is 159. The molecule has 2 atom stereocenters. The maximum absolute atomic E-state index is 10.2. The minimum Gasteiger partial charge on any atom is -0.481 e. The summed E-state index contributed by atoms with van der Waals surface area (Å²) in [5.74, 6) is 0.0108. The number of carboxylic acids is 1. The van der Waals surface area contributed by atoms with E-state index in [1.54, 1.807) is 0 Å². The van der Waals surface area contributed by atoms with Gasteiger partial charge in [0.25, 0.3) is 0 Å². The fraction of sp³-hybridized carbons (Fsp3) is 0.889. The summed E-state index contributed by atoms with van der Waals surface area (Å²) in [6.07, 6.45) is 5.58. The number of hydrogen-bond acceptors (Lipinski definition) is 2. The highest BCUT2D eigenvalue weighted by atomic mass is 16.4. The lowest BCUT2D eigenvalue weighted by Crippen LogP contribution is -2.14. The Kier molecular flexibility index (Phi) is 3.53. The molecule has 0 saturated heterocycles. The fourth-order valence-electron chi connectivity index (χ4n) is 1.92. The summed E-state index contributed by atoms with van der Waals surface area (Å²) in [5.41, 5.74) is 5.74. The van der Waals surface area contributed by atoms with Crippen LogP contribution in [0.15, 0.2) is 0 Å². The van der Waals surface area contributed by atoms with E-state index in [0.29, 0.717) is 18.4 Å². The maximum Gasteiger partial charge on any atom is 0.303 e. The highest BCUT2D eigenvalue weighted by Gasteiger charge is 2.21. The standard InChI is InChI=1S/C9H17NO2/c10-8-5-4-7(6-8)2-1-3-9(11)12/h7-8H,1-6,10H2,(H,11,12). The van der Waals surface area contributed by atoms with Crippen molar-refractivity contribution in [1.82, 2.24) is 0 Å².